The van der Waals surface area contributed by atoms with E-state index in [0.717, 1.165) is 18.4 Å². The maximum absolute atomic E-state index is 3.31. The predicted molar refractivity (Wildman–Crippen MR) is 71.9 cm³/mol. The van der Waals surface area contributed by atoms with Crippen LogP contribution in [0.1, 0.15) is 30.5 Å². The van der Waals surface area contributed by atoms with Crippen molar-refractivity contribution < 1.29 is 0 Å². The van der Waals surface area contributed by atoms with Crippen molar-refractivity contribution in [3.05, 3.63) is 34.9 Å². The summed E-state index contributed by atoms with van der Waals surface area (Å²) < 4.78 is 0. The lowest BCUT2D eigenvalue weighted by Crippen LogP contribution is -2.25. The van der Waals surface area contributed by atoms with Gasteiger partial charge < -0.3 is 5.32 Å². The third-order valence-corrected chi connectivity index (χ3v) is 3.52. The summed E-state index contributed by atoms with van der Waals surface area (Å²) in [4.78, 5) is 0. The van der Waals surface area contributed by atoms with Crippen molar-refractivity contribution in [2.75, 3.05) is 13.6 Å². The van der Waals surface area contributed by atoms with Crippen LogP contribution in [0.5, 0.6) is 0 Å². The Labute approximate surface area is 100 Å². The first-order valence-corrected chi connectivity index (χ1v) is 6.26. The molecule has 1 unspecified atom stereocenters. The number of nitrogens with one attached hydrogen (secondary N) is 1. The van der Waals surface area contributed by atoms with E-state index in [9.17, 15) is 0 Å². The van der Waals surface area contributed by atoms with Crippen LogP contribution in [0.2, 0.25) is 0 Å². The molecule has 0 saturated heterocycles. The summed E-state index contributed by atoms with van der Waals surface area (Å²) >= 11 is 0. The molecule has 0 spiro atoms. The van der Waals surface area contributed by atoms with Gasteiger partial charge in [-0.3, -0.25) is 0 Å². The average Bonchev–Trinajstić information content (AvgIpc) is 2.21. The molecule has 0 aliphatic carbocycles. The Balaban J connectivity index is 2.84. The van der Waals surface area contributed by atoms with Crippen LogP contribution in [0.4, 0.5) is 0 Å². The molecule has 0 saturated carbocycles. The lowest BCUT2D eigenvalue weighted by Gasteiger charge is -2.22. The second-order valence-electron chi connectivity index (χ2n) is 5.14. The van der Waals surface area contributed by atoms with Crippen LogP contribution in [0.25, 0.3) is 0 Å². The lowest BCUT2D eigenvalue weighted by atomic mass is 9.86. The molecule has 0 bridgehead atoms. The van der Waals surface area contributed by atoms with Gasteiger partial charge in [-0.15, -0.1) is 0 Å². The van der Waals surface area contributed by atoms with Crippen molar-refractivity contribution >= 4 is 0 Å². The molecular formula is C15H25N. The van der Waals surface area contributed by atoms with Crippen LogP contribution in [0, 0.1) is 25.7 Å². The highest BCUT2D eigenvalue weighted by atomic mass is 14.8. The topological polar surface area (TPSA) is 12.0 Å². The van der Waals surface area contributed by atoms with Crippen molar-refractivity contribution in [3.8, 4) is 0 Å². The van der Waals surface area contributed by atoms with Crippen LogP contribution in [0.3, 0.4) is 0 Å². The predicted octanol–water partition coefficient (Wildman–Crippen LogP) is 3.34. The third-order valence-electron chi connectivity index (χ3n) is 3.52. The summed E-state index contributed by atoms with van der Waals surface area (Å²) in [7, 11) is 2.04. The van der Waals surface area contributed by atoms with Crippen molar-refractivity contribution in [1.29, 1.82) is 0 Å². The number of aryl methyl sites for hydroxylation is 2. The summed E-state index contributed by atoms with van der Waals surface area (Å²) in [6, 6.07) is 6.59. The molecule has 0 fully saturated rings. The minimum Gasteiger partial charge on any atom is -0.319 e. The van der Waals surface area contributed by atoms with Gasteiger partial charge in [-0.2, -0.15) is 0 Å². The van der Waals surface area contributed by atoms with Crippen LogP contribution >= 0.6 is 0 Å². The molecular weight excluding hydrogens is 194 g/mol. The average molecular weight is 219 g/mol. The van der Waals surface area contributed by atoms with E-state index < -0.39 is 0 Å². The Morgan fingerprint density at radius 2 is 1.69 bits per heavy atom. The summed E-state index contributed by atoms with van der Waals surface area (Å²) in [5.41, 5.74) is 4.40. The van der Waals surface area contributed by atoms with Crippen molar-refractivity contribution in [1.82, 2.24) is 5.32 Å². The van der Waals surface area contributed by atoms with Gasteiger partial charge in [0.1, 0.15) is 0 Å². The monoisotopic (exact) mass is 219 g/mol. The van der Waals surface area contributed by atoms with Gasteiger partial charge in [-0.05, 0) is 62.4 Å². The lowest BCUT2D eigenvalue weighted by molar-refractivity contribution is 0.369. The maximum Gasteiger partial charge on any atom is -0.00179 e. The maximum atomic E-state index is 3.31. The van der Waals surface area contributed by atoms with Crippen molar-refractivity contribution in [3.63, 3.8) is 0 Å². The molecule has 1 heteroatoms. The summed E-state index contributed by atoms with van der Waals surface area (Å²) in [5, 5.41) is 3.31. The van der Waals surface area contributed by atoms with Gasteiger partial charge in [0.15, 0.2) is 0 Å². The SMILES string of the molecule is CNCC(Cc1c(C)cccc1C)C(C)C. The van der Waals surface area contributed by atoms with Crippen molar-refractivity contribution in [2.24, 2.45) is 11.8 Å². The highest BCUT2D eigenvalue weighted by molar-refractivity contribution is 5.33. The van der Waals surface area contributed by atoms with Gasteiger partial charge in [0.2, 0.25) is 0 Å². The standard InChI is InChI=1S/C15H25N/c1-11(2)14(10-16-5)9-15-12(3)7-6-8-13(15)4/h6-8,11,14,16H,9-10H2,1-5H3. The van der Waals surface area contributed by atoms with E-state index in [1.807, 2.05) is 7.05 Å². The highest BCUT2D eigenvalue weighted by Crippen LogP contribution is 2.21. The number of hydrogen-bond donors (Lipinski definition) is 1. The Bertz CT molecular complexity index is 308. The molecule has 0 aliphatic rings. The minimum atomic E-state index is 0.727. The molecule has 1 aromatic carbocycles. The molecule has 1 aromatic rings. The summed E-state index contributed by atoms with van der Waals surface area (Å²) in [5.74, 6) is 1.45. The van der Waals surface area contributed by atoms with Gasteiger partial charge in [0.05, 0.1) is 0 Å². The Morgan fingerprint density at radius 3 is 2.12 bits per heavy atom. The van der Waals surface area contributed by atoms with E-state index in [-0.39, 0.29) is 0 Å². The zero-order chi connectivity index (χ0) is 12.1. The van der Waals surface area contributed by atoms with Crippen molar-refractivity contribution in [2.45, 2.75) is 34.1 Å². The third kappa shape index (κ3) is 3.34. The molecule has 0 aliphatic heterocycles. The van der Waals surface area contributed by atoms with E-state index in [0.29, 0.717) is 0 Å². The zero-order valence-corrected chi connectivity index (χ0v) is 11.3. The van der Waals surface area contributed by atoms with E-state index in [1.165, 1.54) is 23.1 Å². The fourth-order valence-electron chi connectivity index (χ4n) is 2.24. The smallest absolute Gasteiger partial charge is 0.00179 e. The second kappa shape index (κ2) is 6.05. The fourth-order valence-corrected chi connectivity index (χ4v) is 2.24. The molecule has 0 heterocycles. The zero-order valence-electron chi connectivity index (χ0n) is 11.3. The minimum absolute atomic E-state index is 0.727. The van der Waals surface area contributed by atoms with Gasteiger partial charge >= 0.3 is 0 Å². The van der Waals surface area contributed by atoms with E-state index in [1.54, 1.807) is 0 Å². The first-order valence-electron chi connectivity index (χ1n) is 6.26. The molecule has 1 nitrogen and oxygen atoms in total. The Kier molecular flexibility index (Phi) is 5.01. The molecule has 1 rings (SSSR count). The quantitative estimate of drug-likeness (QED) is 0.801. The molecule has 90 valence electrons. The second-order valence-corrected chi connectivity index (χ2v) is 5.14. The summed E-state index contributed by atoms with van der Waals surface area (Å²) in [6.45, 7) is 10.2. The fraction of sp³-hybridized carbons (Fsp3) is 0.600. The van der Waals surface area contributed by atoms with E-state index in [2.05, 4.69) is 51.2 Å². The van der Waals surface area contributed by atoms with Gasteiger partial charge in [0, 0.05) is 0 Å². The van der Waals surface area contributed by atoms with Crippen LogP contribution in [-0.2, 0) is 6.42 Å². The molecule has 0 amide bonds. The van der Waals surface area contributed by atoms with Crippen LogP contribution < -0.4 is 5.32 Å². The Hall–Kier alpha value is -0.820. The van der Waals surface area contributed by atoms with Crippen LogP contribution in [0.15, 0.2) is 18.2 Å². The molecule has 0 radical (unpaired) electrons. The van der Waals surface area contributed by atoms with Gasteiger partial charge in [-0.25, -0.2) is 0 Å². The largest absolute Gasteiger partial charge is 0.319 e. The highest BCUT2D eigenvalue weighted by Gasteiger charge is 2.15. The number of benzene rings is 1. The number of hydrogen-bond acceptors (Lipinski definition) is 1. The molecule has 1 atom stereocenters. The van der Waals surface area contributed by atoms with Gasteiger partial charge in [-0.1, -0.05) is 32.0 Å². The molecule has 1 N–H and O–H groups in total. The normalized spacial score (nSPS) is 13.1. The Morgan fingerprint density at radius 1 is 1.12 bits per heavy atom. The first kappa shape index (κ1) is 13.2. The van der Waals surface area contributed by atoms with Gasteiger partial charge in [0.25, 0.3) is 0 Å². The summed E-state index contributed by atoms with van der Waals surface area (Å²) in [6.07, 6.45) is 1.19. The van der Waals surface area contributed by atoms with E-state index in [4.69, 9.17) is 0 Å². The molecule has 16 heavy (non-hydrogen) atoms. The van der Waals surface area contributed by atoms with E-state index >= 15 is 0 Å². The number of rotatable bonds is 5. The molecule has 0 aromatic heterocycles. The van der Waals surface area contributed by atoms with Crippen LogP contribution in [-0.4, -0.2) is 13.6 Å². The first-order chi connectivity index (χ1) is 7.56.